The Balaban J connectivity index is 2.43. The molecule has 0 bridgehead atoms. The van der Waals surface area contributed by atoms with Crippen LogP contribution in [0.5, 0.6) is 0 Å². The normalized spacial score (nSPS) is 11.3. The van der Waals surface area contributed by atoms with Gasteiger partial charge in [0.2, 0.25) is 10.0 Å². The van der Waals surface area contributed by atoms with Crippen molar-refractivity contribution < 1.29 is 8.42 Å². The number of hydrogen-bond acceptors (Lipinski definition) is 4. The SMILES string of the molecule is Cc1ccc(NCCS(N)(=O)=O)nc1. The van der Waals surface area contributed by atoms with E-state index in [1.807, 2.05) is 13.0 Å². The van der Waals surface area contributed by atoms with Gasteiger partial charge in [-0.3, -0.25) is 0 Å². The summed E-state index contributed by atoms with van der Waals surface area (Å²) in [7, 11) is -3.39. The number of nitrogens with two attached hydrogens (primary N) is 1. The minimum Gasteiger partial charge on any atom is -0.369 e. The predicted molar refractivity (Wildman–Crippen MR) is 55.4 cm³/mol. The molecular formula is C8H13N3O2S. The molecule has 0 aliphatic heterocycles. The highest BCUT2D eigenvalue weighted by molar-refractivity contribution is 7.89. The number of sulfonamides is 1. The molecule has 0 amide bonds. The average molecular weight is 215 g/mol. The molecule has 0 aromatic carbocycles. The molecule has 1 rings (SSSR count). The molecule has 6 heteroatoms. The van der Waals surface area contributed by atoms with Crippen molar-refractivity contribution in [3.63, 3.8) is 0 Å². The first kappa shape index (κ1) is 10.9. The van der Waals surface area contributed by atoms with E-state index in [4.69, 9.17) is 5.14 Å². The van der Waals surface area contributed by atoms with E-state index < -0.39 is 10.0 Å². The van der Waals surface area contributed by atoms with Crippen LogP contribution in [0.4, 0.5) is 5.82 Å². The van der Waals surface area contributed by atoms with E-state index in [1.165, 1.54) is 0 Å². The number of rotatable bonds is 4. The molecule has 5 nitrogen and oxygen atoms in total. The first-order valence-corrected chi connectivity index (χ1v) is 5.86. The molecule has 0 saturated carbocycles. The Labute approximate surface area is 83.4 Å². The van der Waals surface area contributed by atoms with Gasteiger partial charge in [-0.05, 0) is 18.6 Å². The van der Waals surface area contributed by atoms with Crippen LogP contribution < -0.4 is 10.5 Å². The Hall–Kier alpha value is -1.14. The largest absolute Gasteiger partial charge is 0.369 e. The topological polar surface area (TPSA) is 85.1 Å². The monoisotopic (exact) mass is 215 g/mol. The van der Waals surface area contributed by atoms with Gasteiger partial charge >= 0.3 is 0 Å². The third-order valence-electron chi connectivity index (χ3n) is 1.60. The van der Waals surface area contributed by atoms with Gasteiger partial charge in [0.25, 0.3) is 0 Å². The zero-order valence-electron chi connectivity index (χ0n) is 7.90. The van der Waals surface area contributed by atoms with Gasteiger partial charge < -0.3 is 5.32 Å². The quantitative estimate of drug-likeness (QED) is 0.745. The van der Waals surface area contributed by atoms with Crippen LogP contribution in [0.2, 0.25) is 0 Å². The maximum Gasteiger partial charge on any atom is 0.210 e. The van der Waals surface area contributed by atoms with E-state index in [2.05, 4.69) is 10.3 Å². The fourth-order valence-corrected chi connectivity index (χ4v) is 1.28. The standard InChI is InChI=1S/C8H13N3O2S/c1-7-2-3-8(11-6-7)10-4-5-14(9,12)13/h2-3,6H,4-5H2,1H3,(H,10,11)(H2,9,12,13). The van der Waals surface area contributed by atoms with E-state index in [-0.39, 0.29) is 12.3 Å². The van der Waals surface area contributed by atoms with Gasteiger partial charge in [-0.15, -0.1) is 0 Å². The Bertz CT molecular complexity index is 386. The van der Waals surface area contributed by atoms with Gasteiger partial charge in [0.1, 0.15) is 5.82 Å². The molecule has 0 unspecified atom stereocenters. The zero-order valence-corrected chi connectivity index (χ0v) is 8.71. The Kier molecular flexibility index (Phi) is 3.43. The van der Waals surface area contributed by atoms with E-state index in [1.54, 1.807) is 12.3 Å². The second-order valence-electron chi connectivity index (χ2n) is 3.01. The van der Waals surface area contributed by atoms with Crippen LogP contribution in [0, 0.1) is 6.92 Å². The minimum absolute atomic E-state index is 0.0947. The van der Waals surface area contributed by atoms with E-state index >= 15 is 0 Å². The third kappa shape index (κ3) is 4.20. The van der Waals surface area contributed by atoms with Gasteiger partial charge in [-0.1, -0.05) is 6.07 Å². The van der Waals surface area contributed by atoms with Gasteiger partial charge in [0.05, 0.1) is 5.75 Å². The molecule has 0 radical (unpaired) electrons. The highest BCUT2D eigenvalue weighted by Gasteiger charge is 2.01. The van der Waals surface area contributed by atoms with Crippen LogP contribution in [0.1, 0.15) is 5.56 Å². The fraction of sp³-hybridized carbons (Fsp3) is 0.375. The Morgan fingerprint density at radius 2 is 2.21 bits per heavy atom. The molecule has 1 heterocycles. The maximum absolute atomic E-state index is 10.6. The lowest BCUT2D eigenvalue weighted by Crippen LogP contribution is -2.22. The predicted octanol–water partition coefficient (Wildman–Crippen LogP) is 0.0904. The van der Waals surface area contributed by atoms with Crippen molar-refractivity contribution in [3.8, 4) is 0 Å². The van der Waals surface area contributed by atoms with Crippen molar-refractivity contribution in [1.82, 2.24) is 4.98 Å². The van der Waals surface area contributed by atoms with Crippen molar-refractivity contribution in [2.75, 3.05) is 17.6 Å². The molecule has 0 aliphatic carbocycles. The summed E-state index contributed by atoms with van der Waals surface area (Å²) in [5.41, 5.74) is 1.06. The first-order chi connectivity index (χ1) is 6.47. The molecule has 78 valence electrons. The molecule has 0 saturated heterocycles. The highest BCUT2D eigenvalue weighted by atomic mass is 32.2. The summed E-state index contributed by atoms with van der Waals surface area (Å²) in [6, 6.07) is 3.69. The van der Waals surface area contributed by atoms with Crippen molar-refractivity contribution in [2.24, 2.45) is 5.14 Å². The lowest BCUT2D eigenvalue weighted by molar-refractivity contribution is 0.598. The summed E-state index contributed by atoms with van der Waals surface area (Å²) >= 11 is 0. The smallest absolute Gasteiger partial charge is 0.210 e. The lowest BCUT2D eigenvalue weighted by atomic mass is 10.3. The number of anilines is 1. The van der Waals surface area contributed by atoms with Crippen molar-refractivity contribution in [3.05, 3.63) is 23.9 Å². The first-order valence-electron chi connectivity index (χ1n) is 4.14. The number of hydrogen-bond donors (Lipinski definition) is 2. The van der Waals surface area contributed by atoms with Gasteiger partial charge in [-0.2, -0.15) is 0 Å². The molecule has 0 fully saturated rings. The molecule has 0 spiro atoms. The molecule has 0 atom stereocenters. The summed E-state index contributed by atoms with van der Waals surface area (Å²) < 4.78 is 21.2. The highest BCUT2D eigenvalue weighted by Crippen LogP contribution is 2.02. The molecule has 3 N–H and O–H groups in total. The minimum atomic E-state index is -3.39. The van der Waals surface area contributed by atoms with E-state index in [9.17, 15) is 8.42 Å². The van der Waals surface area contributed by atoms with Crippen LogP contribution in [-0.4, -0.2) is 25.7 Å². The summed E-state index contributed by atoms with van der Waals surface area (Å²) in [5, 5.41) is 7.69. The number of aryl methyl sites for hydroxylation is 1. The van der Waals surface area contributed by atoms with Crippen LogP contribution in [0.3, 0.4) is 0 Å². The fourth-order valence-electron chi connectivity index (χ4n) is 0.894. The van der Waals surface area contributed by atoms with Crippen molar-refractivity contribution in [1.29, 1.82) is 0 Å². The van der Waals surface area contributed by atoms with Crippen LogP contribution in [0.25, 0.3) is 0 Å². The second kappa shape index (κ2) is 4.39. The molecule has 14 heavy (non-hydrogen) atoms. The lowest BCUT2D eigenvalue weighted by Gasteiger charge is -2.03. The van der Waals surface area contributed by atoms with Crippen molar-refractivity contribution >= 4 is 15.8 Å². The van der Waals surface area contributed by atoms with Gasteiger partial charge in [0.15, 0.2) is 0 Å². The molecule has 1 aromatic heterocycles. The summed E-state index contributed by atoms with van der Waals surface area (Å²) in [4.78, 5) is 4.05. The zero-order chi connectivity index (χ0) is 10.6. The Morgan fingerprint density at radius 3 is 2.71 bits per heavy atom. The second-order valence-corrected chi connectivity index (χ2v) is 4.75. The van der Waals surface area contributed by atoms with E-state index in [0.29, 0.717) is 5.82 Å². The number of aromatic nitrogens is 1. The van der Waals surface area contributed by atoms with Gasteiger partial charge in [0, 0.05) is 12.7 Å². The molecular weight excluding hydrogens is 202 g/mol. The number of nitrogens with one attached hydrogen (secondary N) is 1. The number of pyridine rings is 1. The van der Waals surface area contributed by atoms with Crippen molar-refractivity contribution in [2.45, 2.75) is 6.92 Å². The van der Waals surface area contributed by atoms with Crippen LogP contribution in [-0.2, 0) is 10.0 Å². The summed E-state index contributed by atoms with van der Waals surface area (Å²) in [5.74, 6) is 0.557. The van der Waals surface area contributed by atoms with Gasteiger partial charge in [-0.25, -0.2) is 18.5 Å². The summed E-state index contributed by atoms with van der Waals surface area (Å²) in [6.45, 7) is 2.20. The third-order valence-corrected chi connectivity index (χ3v) is 2.38. The number of nitrogens with zero attached hydrogens (tertiary/aromatic N) is 1. The molecule has 0 aliphatic rings. The number of primary sulfonamides is 1. The Morgan fingerprint density at radius 1 is 1.50 bits per heavy atom. The maximum atomic E-state index is 10.6. The van der Waals surface area contributed by atoms with E-state index in [0.717, 1.165) is 5.56 Å². The van der Waals surface area contributed by atoms with Crippen LogP contribution in [0.15, 0.2) is 18.3 Å². The average Bonchev–Trinajstić information content (AvgIpc) is 2.06. The van der Waals surface area contributed by atoms with Crippen LogP contribution >= 0.6 is 0 Å². The molecule has 1 aromatic rings. The summed E-state index contributed by atoms with van der Waals surface area (Å²) in [6.07, 6.45) is 1.71.